The minimum atomic E-state index is -0.706. The molecule has 1 atom stereocenters. The van der Waals surface area contributed by atoms with Gasteiger partial charge < -0.3 is 20.5 Å². The smallest absolute Gasteiger partial charge is 0.319 e. The van der Waals surface area contributed by atoms with Crippen LogP contribution in [0.4, 0.5) is 10.5 Å². The molecule has 21 heavy (non-hydrogen) atoms. The van der Waals surface area contributed by atoms with Crippen LogP contribution < -0.4 is 10.6 Å². The Hall–Kier alpha value is -1.30. The monoisotopic (exact) mass is 312 g/mol. The minimum absolute atomic E-state index is 0.139. The Morgan fingerprint density at radius 1 is 1.52 bits per heavy atom. The zero-order valence-electron chi connectivity index (χ0n) is 12.1. The molecule has 0 spiro atoms. The van der Waals surface area contributed by atoms with Crippen molar-refractivity contribution in [3.05, 3.63) is 28.8 Å². The summed E-state index contributed by atoms with van der Waals surface area (Å²) in [4.78, 5) is 11.7. The third-order valence-corrected chi connectivity index (χ3v) is 3.56. The Labute approximate surface area is 129 Å². The molecule has 5 nitrogen and oxygen atoms in total. The SMILES string of the molecule is Cc1ccc(Cl)c(NC(=O)NCC(O)COCC2CC2)c1. The number of amides is 2. The van der Waals surface area contributed by atoms with Crippen LogP contribution in [0.25, 0.3) is 0 Å². The average molecular weight is 313 g/mol. The van der Waals surface area contributed by atoms with Gasteiger partial charge >= 0.3 is 6.03 Å². The van der Waals surface area contributed by atoms with E-state index in [1.54, 1.807) is 12.1 Å². The van der Waals surface area contributed by atoms with Crippen molar-refractivity contribution in [3.8, 4) is 0 Å². The number of benzene rings is 1. The van der Waals surface area contributed by atoms with E-state index in [4.69, 9.17) is 16.3 Å². The lowest BCUT2D eigenvalue weighted by Crippen LogP contribution is -2.37. The van der Waals surface area contributed by atoms with E-state index >= 15 is 0 Å². The average Bonchev–Trinajstić information content (AvgIpc) is 3.25. The number of anilines is 1. The number of aliphatic hydroxyl groups excluding tert-OH is 1. The van der Waals surface area contributed by atoms with Gasteiger partial charge in [-0.25, -0.2) is 4.79 Å². The van der Waals surface area contributed by atoms with Crippen LogP contribution in [0.5, 0.6) is 0 Å². The molecule has 0 aromatic heterocycles. The van der Waals surface area contributed by atoms with Gasteiger partial charge in [0.25, 0.3) is 0 Å². The molecule has 1 aliphatic carbocycles. The first-order valence-electron chi connectivity index (χ1n) is 7.11. The number of carbonyl (C=O) groups excluding carboxylic acids is 1. The minimum Gasteiger partial charge on any atom is -0.389 e. The van der Waals surface area contributed by atoms with Crippen LogP contribution in [0.15, 0.2) is 18.2 Å². The summed E-state index contributed by atoms with van der Waals surface area (Å²) in [6.45, 7) is 2.99. The van der Waals surface area contributed by atoms with E-state index in [0.29, 0.717) is 23.2 Å². The maximum Gasteiger partial charge on any atom is 0.319 e. The molecule has 2 amide bonds. The summed E-state index contributed by atoms with van der Waals surface area (Å²) in [7, 11) is 0. The first-order chi connectivity index (χ1) is 10.0. The van der Waals surface area contributed by atoms with E-state index in [1.807, 2.05) is 13.0 Å². The first-order valence-corrected chi connectivity index (χ1v) is 7.49. The normalized spacial score (nSPS) is 15.6. The molecule has 1 aromatic rings. The van der Waals surface area contributed by atoms with Crippen molar-refractivity contribution in [2.45, 2.75) is 25.9 Å². The van der Waals surface area contributed by atoms with Crippen LogP contribution in [0.1, 0.15) is 18.4 Å². The van der Waals surface area contributed by atoms with E-state index < -0.39 is 12.1 Å². The van der Waals surface area contributed by atoms with Crippen LogP contribution in [-0.2, 0) is 4.74 Å². The number of rotatable bonds is 7. The largest absolute Gasteiger partial charge is 0.389 e. The summed E-state index contributed by atoms with van der Waals surface area (Å²) in [5.74, 6) is 0.664. The van der Waals surface area contributed by atoms with Crippen LogP contribution >= 0.6 is 11.6 Å². The number of nitrogens with one attached hydrogen (secondary N) is 2. The third kappa shape index (κ3) is 5.91. The molecule has 0 heterocycles. The summed E-state index contributed by atoms with van der Waals surface area (Å²) in [6.07, 6.45) is 1.73. The van der Waals surface area contributed by atoms with E-state index in [-0.39, 0.29) is 13.2 Å². The topological polar surface area (TPSA) is 70.6 Å². The van der Waals surface area contributed by atoms with Crippen LogP contribution in [0.2, 0.25) is 5.02 Å². The van der Waals surface area contributed by atoms with Gasteiger partial charge in [-0.05, 0) is 43.4 Å². The van der Waals surface area contributed by atoms with Gasteiger partial charge in [-0.15, -0.1) is 0 Å². The van der Waals surface area contributed by atoms with Crippen molar-refractivity contribution >= 4 is 23.3 Å². The van der Waals surface area contributed by atoms with Gasteiger partial charge in [0.1, 0.15) is 0 Å². The van der Waals surface area contributed by atoms with Crippen molar-refractivity contribution in [1.82, 2.24) is 5.32 Å². The Morgan fingerprint density at radius 3 is 3.00 bits per heavy atom. The van der Waals surface area contributed by atoms with Gasteiger partial charge in [0.05, 0.1) is 23.4 Å². The molecular weight excluding hydrogens is 292 g/mol. The second-order valence-corrected chi connectivity index (χ2v) is 5.86. The van der Waals surface area contributed by atoms with Gasteiger partial charge in [-0.2, -0.15) is 0 Å². The zero-order valence-corrected chi connectivity index (χ0v) is 12.8. The summed E-state index contributed by atoms with van der Waals surface area (Å²) < 4.78 is 5.36. The van der Waals surface area contributed by atoms with Gasteiger partial charge in [0.2, 0.25) is 0 Å². The van der Waals surface area contributed by atoms with Crippen LogP contribution in [-0.4, -0.2) is 37.0 Å². The molecule has 1 aliphatic rings. The van der Waals surface area contributed by atoms with E-state index in [1.165, 1.54) is 12.8 Å². The molecule has 0 aliphatic heterocycles. The summed E-state index contributed by atoms with van der Waals surface area (Å²) >= 11 is 6.00. The second-order valence-electron chi connectivity index (χ2n) is 5.45. The fourth-order valence-corrected chi connectivity index (χ4v) is 1.99. The number of halogens is 1. The zero-order chi connectivity index (χ0) is 15.2. The summed E-state index contributed by atoms with van der Waals surface area (Å²) in [5, 5.41) is 15.4. The fourth-order valence-electron chi connectivity index (χ4n) is 1.83. The summed E-state index contributed by atoms with van der Waals surface area (Å²) in [6, 6.07) is 4.99. The summed E-state index contributed by atoms with van der Waals surface area (Å²) in [5.41, 5.74) is 1.55. The van der Waals surface area contributed by atoms with Gasteiger partial charge in [0, 0.05) is 13.2 Å². The number of aliphatic hydroxyl groups is 1. The molecule has 116 valence electrons. The molecule has 0 bridgehead atoms. The van der Waals surface area contributed by atoms with E-state index in [9.17, 15) is 9.90 Å². The van der Waals surface area contributed by atoms with Gasteiger partial charge in [0.15, 0.2) is 0 Å². The number of carbonyl (C=O) groups is 1. The molecule has 0 saturated heterocycles. The Kier molecular flexibility index (Phi) is 5.85. The Morgan fingerprint density at radius 2 is 2.29 bits per heavy atom. The number of aryl methyl sites for hydroxylation is 1. The van der Waals surface area contributed by atoms with Crippen molar-refractivity contribution in [2.24, 2.45) is 5.92 Å². The molecule has 0 radical (unpaired) electrons. The molecule has 1 saturated carbocycles. The Bertz CT molecular complexity index is 492. The van der Waals surface area contributed by atoms with E-state index in [0.717, 1.165) is 5.56 Å². The molecule has 1 fully saturated rings. The standard InChI is InChI=1S/C15H21ClN2O3/c1-10-2-5-13(16)14(6-10)18-15(20)17-7-12(19)9-21-8-11-3-4-11/h2,5-6,11-12,19H,3-4,7-9H2,1H3,(H2,17,18,20). The first kappa shape index (κ1) is 16.1. The lowest BCUT2D eigenvalue weighted by Gasteiger charge is -2.13. The predicted molar refractivity (Wildman–Crippen MR) is 82.8 cm³/mol. The second kappa shape index (κ2) is 7.64. The number of hydrogen-bond acceptors (Lipinski definition) is 3. The highest BCUT2D eigenvalue weighted by Gasteiger charge is 2.21. The van der Waals surface area contributed by atoms with Gasteiger partial charge in [-0.3, -0.25) is 0 Å². The van der Waals surface area contributed by atoms with Crippen molar-refractivity contribution in [3.63, 3.8) is 0 Å². The maximum atomic E-state index is 11.7. The molecule has 3 N–H and O–H groups in total. The fraction of sp³-hybridized carbons (Fsp3) is 0.533. The molecule has 2 rings (SSSR count). The molecule has 1 unspecified atom stereocenters. The van der Waals surface area contributed by atoms with Crippen molar-refractivity contribution in [1.29, 1.82) is 0 Å². The molecule has 6 heteroatoms. The molecular formula is C15H21ClN2O3. The van der Waals surface area contributed by atoms with E-state index in [2.05, 4.69) is 10.6 Å². The number of hydrogen-bond donors (Lipinski definition) is 3. The highest BCUT2D eigenvalue weighted by Crippen LogP contribution is 2.28. The van der Waals surface area contributed by atoms with Crippen LogP contribution in [0.3, 0.4) is 0 Å². The third-order valence-electron chi connectivity index (χ3n) is 3.23. The lowest BCUT2D eigenvalue weighted by atomic mass is 10.2. The Balaban J connectivity index is 1.67. The number of urea groups is 1. The quantitative estimate of drug-likeness (QED) is 0.724. The predicted octanol–water partition coefficient (Wildman–Crippen LogP) is 2.56. The van der Waals surface area contributed by atoms with Crippen LogP contribution in [0, 0.1) is 12.8 Å². The highest BCUT2D eigenvalue weighted by molar-refractivity contribution is 6.33. The highest BCUT2D eigenvalue weighted by atomic mass is 35.5. The maximum absolute atomic E-state index is 11.7. The van der Waals surface area contributed by atoms with Crippen molar-refractivity contribution in [2.75, 3.05) is 25.1 Å². The lowest BCUT2D eigenvalue weighted by molar-refractivity contribution is 0.0339. The number of ether oxygens (including phenoxy) is 1. The molecule has 1 aromatic carbocycles. The van der Waals surface area contributed by atoms with Gasteiger partial charge in [-0.1, -0.05) is 17.7 Å². The van der Waals surface area contributed by atoms with Crippen molar-refractivity contribution < 1.29 is 14.6 Å².